The van der Waals surface area contributed by atoms with Crippen LogP contribution in [-0.2, 0) is 6.54 Å². The number of rotatable bonds is 7. The molecule has 0 aliphatic rings. The molecule has 2 rings (SSSR count). The zero-order valence-corrected chi connectivity index (χ0v) is 13.4. The number of hydrazine groups is 1. The summed E-state index contributed by atoms with van der Waals surface area (Å²) in [5.74, 6) is 2.92. The molecule has 2 aromatic rings. The van der Waals surface area contributed by atoms with Crippen molar-refractivity contribution in [1.82, 2.24) is 10.9 Å². The zero-order valence-electron chi connectivity index (χ0n) is 13.4. The van der Waals surface area contributed by atoms with E-state index in [1.54, 1.807) is 49.3 Å². The van der Waals surface area contributed by atoms with E-state index in [4.69, 9.17) is 14.7 Å². The molecule has 1 radical (unpaired) electrons. The number of carbonyl (C=O) groups is 1. The van der Waals surface area contributed by atoms with Crippen molar-refractivity contribution in [3.8, 4) is 17.5 Å². The minimum Gasteiger partial charge on any atom is -0.493 e. The van der Waals surface area contributed by atoms with Crippen LogP contribution in [0.4, 0.5) is 0 Å². The topological polar surface area (TPSA) is 87.3 Å². The van der Waals surface area contributed by atoms with Gasteiger partial charge < -0.3 is 9.47 Å². The summed E-state index contributed by atoms with van der Waals surface area (Å²) in [6, 6.07) is 8.77. The van der Waals surface area contributed by atoms with Crippen LogP contribution < -0.4 is 24.8 Å². The maximum absolute atomic E-state index is 12.0. The van der Waals surface area contributed by atoms with Gasteiger partial charge in [0.15, 0.2) is 11.5 Å². The number of methoxy groups -OCH3 is 2. The molecule has 1 aromatic heterocycles. The van der Waals surface area contributed by atoms with E-state index in [-0.39, 0.29) is 5.91 Å². The highest BCUT2D eigenvalue weighted by molar-refractivity contribution is 6.35. The number of carbonyl (C=O) groups excluding carboxylic acids is 1. The second kappa shape index (κ2) is 8.55. The average molecular weight is 324 g/mol. The number of amides is 1. The summed E-state index contributed by atoms with van der Waals surface area (Å²) >= 11 is 0. The van der Waals surface area contributed by atoms with E-state index >= 15 is 0 Å². The second-order valence-electron chi connectivity index (χ2n) is 4.79. The van der Waals surface area contributed by atoms with Gasteiger partial charge in [-0.2, -0.15) is 0 Å². The molecule has 2 N–H and O–H groups in total. The van der Waals surface area contributed by atoms with Crippen molar-refractivity contribution >= 4 is 13.3 Å². The number of hydrogen-bond donors (Lipinski definition) is 2. The van der Waals surface area contributed by atoms with E-state index in [1.807, 2.05) is 18.1 Å². The first kappa shape index (κ1) is 17.3. The van der Waals surface area contributed by atoms with E-state index in [9.17, 15) is 4.79 Å². The lowest BCUT2D eigenvalue weighted by atomic mass is 9.98. The minimum atomic E-state index is -0.264. The van der Waals surface area contributed by atoms with Crippen LogP contribution in [0.25, 0.3) is 0 Å². The fourth-order valence-corrected chi connectivity index (χ4v) is 2.03. The van der Waals surface area contributed by atoms with Crippen molar-refractivity contribution in [3.63, 3.8) is 0 Å². The molecule has 0 spiro atoms. The van der Waals surface area contributed by atoms with Gasteiger partial charge in [-0.3, -0.25) is 14.7 Å². The monoisotopic (exact) mass is 324 g/mol. The Kier molecular flexibility index (Phi) is 6.17. The van der Waals surface area contributed by atoms with Gasteiger partial charge in [-0.1, -0.05) is 6.07 Å². The summed E-state index contributed by atoms with van der Waals surface area (Å²) in [5.41, 5.74) is 6.90. The number of aromatic nitrogens is 1. The Morgan fingerprint density at radius 2 is 1.92 bits per heavy atom. The number of benzene rings is 1. The molecule has 1 amide bonds. The van der Waals surface area contributed by atoms with Crippen molar-refractivity contribution in [3.05, 3.63) is 53.9 Å². The Balaban J connectivity index is 1.89. The van der Waals surface area contributed by atoms with Gasteiger partial charge in [0, 0.05) is 18.7 Å². The van der Waals surface area contributed by atoms with Gasteiger partial charge in [0.1, 0.15) is 18.4 Å². The largest absolute Gasteiger partial charge is 0.671 e. The molecule has 0 atom stereocenters. The molecule has 0 unspecified atom stereocenters. The third-order valence-corrected chi connectivity index (χ3v) is 3.26. The Morgan fingerprint density at radius 3 is 2.54 bits per heavy atom. The summed E-state index contributed by atoms with van der Waals surface area (Å²) < 4.78 is 12.0. The molecule has 24 heavy (non-hydrogen) atoms. The Morgan fingerprint density at radius 1 is 1.21 bits per heavy atom. The highest BCUT2D eigenvalue weighted by Gasteiger charge is 2.10. The molecule has 0 fully saturated rings. The summed E-state index contributed by atoms with van der Waals surface area (Å²) in [6.45, 7) is 0.432. The third-order valence-electron chi connectivity index (χ3n) is 3.26. The van der Waals surface area contributed by atoms with E-state index < -0.39 is 0 Å². The fraction of sp³-hybridized carbons (Fsp3) is 0.188. The molecule has 0 bridgehead atoms. The van der Waals surface area contributed by atoms with Crippen LogP contribution in [0.1, 0.15) is 15.9 Å². The van der Waals surface area contributed by atoms with Crippen molar-refractivity contribution in [2.75, 3.05) is 14.2 Å². The van der Waals surface area contributed by atoms with Gasteiger partial charge in [-0.15, -0.1) is 0 Å². The number of pyridine rings is 1. The molecule has 8 heteroatoms. The molecule has 0 aliphatic heterocycles. The lowest BCUT2D eigenvalue weighted by Crippen LogP contribution is -2.40. The number of nitriles is 1. The van der Waals surface area contributed by atoms with Crippen LogP contribution in [0.5, 0.6) is 11.5 Å². The molecule has 0 saturated heterocycles. The first-order valence-electron chi connectivity index (χ1n) is 7.15. The van der Waals surface area contributed by atoms with Gasteiger partial charge >= 0.3 is 7.41 Å². The normalized spacial score (nSPS) is 9.71. The molecular weight excluding hydrogens is 307 g/mol. The first-order valence-corrected chi connectivity index (χ1v) is 7.15. The molecule has 121 valence electrons. The van der Waals surface area contributed by atoms with Crippen LogP contribution in [-0.4, -0.2) is 27.5 Å². The molecule has 1 aromatic carbocycles. The smallest absolute Gasteiger partial charge is 0.493 e. The van der Waals surface area contributed by atoms with E-state index in [1.165, 1.54) is 7.41 Å². The Labute approximate surface area is 141 Å². The van der Waals surface area contributed by atoms with Gasteiger partial charge in [0.05, 0.1) is 19.8 Å². The Bertz CT molecular complexity index is 744. The van der Waals surface area contributed by atoms with Gasteiger partial charge in [-0.05, 0) is 17.7 Å². The maximum Gasteiger partial charge on any atom is 0.671 e. The Hall–Kier alpha value is -3.05. The quantitative estimate of drug-likeness (QED) is 0.568. The number of nitrogens with zero attached hydrogens (tertiary/aromatic N) is 2. The third kappa shape index (κ3) is 4.47. The van der Waals surface area contributed by atoms with Gasteiger partial charge in [0.25, 0.3) is 5.91 Å². The number of hydrogen-bond acceptors (Lipinski definition) is 5. The summed E-state index contributed by atoms with van der Waals surface area (Å²) in [4.78, 5) is 12.0. The van der Waals surface area contributed by atoms with Crippen molar-refractivity contribution < 1.29 is 18.7 Å². The van der Waals surface area contributed by atoms with E-state index in [0.717, 1.165) is 5.56 Å². The van der Waals surface area contributed by atoms with Crippen LogP contribution in [0.2, 0.25) is 0 Å². The lowest BCUT2D eigenvalue weighted by molar-refractivity contribution is -0.527. The van der Waals surface area contributed by atoms with Crippen LogP contribution in [0.15, 0.2) is 42.7 Å². The summed E-state index contributed by atoms with van der Waals surface area (Å²) in [7, 11) is 4.48. The molecule has 0 aliphatic carbocycles. The first-order chi connectivity index (χ1) is 11.7. The van der Waals surface area contributed by atoms with Crippen LogP contribution in [0, 0.1) is 11.2 Å². The molecule has 7 nitrogen and oxygen atoms in total. The standard InChI is InChI=1S/C16H17BN4O3/c1-23-14-4-3-12(9-15(14)24-2)10-19-20-16(22)13-5-7-21(8-6-13)17-11-18/h3-9,19H,10H2,1-2H3,(H,20,22)/q+1. The summed E-state index contributed by atoms with van der Waals surface area (Å²) in [5, 5.41) is 8.56. The van der Waals surface area contributed by atoms with Crippen LogP contribution >= 0.6 is 0 Å². The zero-order chi connectivity index (χ0) is 17.4. The van der Waals surface area contributed by atoms with E-state index in [2.05, 4.69) is 10.9 Å². The van der Waals surface area contributed by atoms with Gasteiger partial charge in [-0.25, -0.2) is 10.7 Å². The van der Waals surface area contributed by atoms with E-state index in [0.29, 0.717) is 23.6 Å². The minimum absolute atomic E-state index is 0.264. The molecule has 0 saturated carbocycles. The lowest BCUT2D eigenvalue weighted by Gasteiger charge is -2.11. The molecule has 1 heterocycles. The van der Waals surface area contributed by atoms with Gasteiger partial charge in [0.2, 0.25) is 0 Å². The highest BCUT2D eigenvalue weighted by Crippen LogP contribution is 2.27. The molecular formula is C16H17BN4O3+. The predicted molar refractivity (Wildman–Crippen MR) is 87.3 cm³/mol. The average Bonchev–Trinajstić information content (AvgIpc) is 2.62. The SMILES string of the molecule is COc1ccc(CNNC(=O)c2cc[n+]([B]C#N)cc2)cc1OC. The predicted octanol–water partition coefficient (Wildman–Crippen LogP) is 0.374. The fourth-order valence-electron chi connectivity index (χ4n) is 2.03. The second-order valence-corrected chi connectivity index (χ2v) is 4.79. The van der Waals surface area contributed by atoms with Crippen LogP contribution in [0.3, 0.4) is 0 Å². The number of nitrogens with one attached hydrogen (secondary N) is 2. The summed E-state index contributed by atoms with van der Waals surface area (Å²) in [6.07, 6.45) is 3.26. The van der Waals surface area contributed by atoms with Crippen molar-refractivity contribution in [2.24, 2.45) is 0 Å². The highest BCUT2D eigenvalue weighted by atomic mass is 16.5. The van der Waals surface area contributed by atoms with Crippen molar-refractivity contribution in [1.29, 1.82) is 5.26 Å². The maximum atomic E-state index is 12.0. The van der Waals surface area contributed by atoms with Crippen molar-refractivity contribution in [2.45, 2.75) is 6.54 Å². The number of ether oxygens (including phenoxy) is 2.